The molecule has 2 saturated carbocycles. The number of aryl methyl sites for hydroxylation is 1. The lowest BCUT2D eigenvalue weighted by atomic mass is 10.0. The number of alkyl halides is 3. The predicted octanol–water partition coefficient (Wildman–Crippen LogP) is 5.94. The van der Waals surface area contributed by atoms with E-state index in [4.69, 9.17) is 4.52 Å². The van der Waals surface area contributed by atoms with Crippen molar-refractivity contribution in [2.24, 2.45) is 0 Å². The van der Waals surface area contributed by atoms with Crippen molar-refractivity contribution in [3.8, 4) is 11.1 Å². The Morgan fingerprint density at radius 3 is 2.60 bits per heavy atom. The maximum atomic E-state index is 14.9. The van der Waals surface area contributed by atoms with E-state index in [-0.39, 0.29) is 36.4 Å². The Labute approximate surface area is 226 Å². The van der Waals surface area contributed by atoms with Crippen LogP contribution in [-0.2, 0) is 16.6 Å². The summed E-state index contributed by atoms with van der Waals surface area (Å²) in [5, 5.41) is 13.5. The summed E-state index contributed by atoms with van der Waals surface area (Å²) in [6.45, 7) is 3.78. The number of rotatable bonds is 8. The van der Waals surface area contributed by atoms with Crippen molar-refractivity contribution < 1.29 is 26.9 Å². The standard InChI is InChI=1S/C27H25F4N7O2/c1-14-19(12-32-25(34-14)35-21-13-33-38(15(21)2)18-5-6-18)16-3-4-17(20(28)9-16)10-24(39)36-23-11-22(40-37-23)26(7-8-26)27(29,30)31/h3-4,9,11-13,18H,5-8,10H2,1-2H3,(H,32,34,35)(H,36,37,39). The molecule has 2 N–H and O–H groups in total. The average molecular weight is 556 g/mol. The Morgan fingerprint density at radius 2 is 1.95 bits per heavy atom. The molecule has 3 aromatic heterocycles. The number of aromatic nitrogens is 5. The molecule has 4 aromatic rings. The van der Waals surface area contributed by atoms with Gasteiger partial charge in [0.1, 0.15) is 11.2 Å². The molecule has 2 aliphatic carbocycles. The van der Waals surface area contributed by atoms with E-state index in [2.05, 4.69) is 30.9 Å². The SMILES string of the molecule is Cc1nc(Nc2cnn(C3CC3)c2C)ncc1-c1ccc(CC(=O)Nc2cc(C3(C(F)(F)F)CC3)on2)c(F)c1. The molecule has 1 amide bonds. The molecule has 2 fully saturated rings. The quantitative estimate of drug-likeness (QED) is 0.259. The molecular formula is C27H25F4N7O2. The van der Waals surface area contributed by atoms with Crippen molar-refractivity contribution in [2.45, 2.75) is 63.6 Å². The van der Waals surface area contributed by atoms with Crippen LogP contribution in [0.15, 0.2) is 41.2 Å². The van der Waals surface area contributed by atoms with Crippen LogP contribution in [0.25, 0.3) is 11.1 Å². The third kappa shape index (κ3) is 4.80. The van der Waals surface area contributed by atoms with Gasteiger partial charge in [-0.3, -0.25) is 9.48 Å². The van der Waals surface area contributed by atoms with Gasteiger partial charge in [-0.05, 0) is 56.7 Å². The van der Waals surface area contributed by atoms with E-state index in [0.717, 1.165) is 30.3 Å². The fourth-order valence-electron chi connectivity index (χ4n) is 4.74. The molecule has 0 unspecified atom stereocenters. The van der Waals surface area contributed by atoms with Crippen molar-refractivity contribution in [1.29, 1.82) is 0 Å². The second kappa shape index (κ2) is 9.42. The second-order valence-electron chi connectivity index (χ2n) is 10.3. The van der Waals surface area contributed by atoms with Gasteiger partial charge in [0, 0.05) is 17.8 Å². The molecule has 1 aromatic carbocycles. The van der Waals surface area contributed by atoms with Crippen LogP contribution >= 0.6 is 0 Å². The fraction of sp³-hybridized carbons (Fsp3) is 0.370. The molecule has 0 radical (unpaired) electrons. The molecular weight excluding hydrogens is 530 g/mol. The molecule has 9 nitrogen and oxygen atoms in total. The molecule has 208 valence electrons. The van der Waals surface area contributed by atoms with Crippen LogP contribution in [0.1, 0.15) is 54.4 Å². The topological polar surface area (TPSA) is 111 Å². The van der Waals surface area contributed by atoms with Crippen LogP contribution in [0.5, 0.6) is 0 Å². The van der Waals surface area contributed by atoms with Crippen LogP contribution in [0.3, 0.4) is 0 Å². The zero-order valence-electron chi connectivity index (χ0n) is 21.6. The van der Waals surface area contributed by atoms with Gasteiger partial charge in [-0.15, -0.1) is 0 Å². The first-order chi connectivity index (χ1) is 19.0. The summed E-state index contributed by atoms with van der Waals surface area (Å²) in [4.78, 5) is 21.3. The Hall–Kier alpha value is -4.29. The first kappa shape index (κ1) is 26.0. The zero-order valence-corrected chi connectivity index (χ0v) is 21.6. The summed E-state index contributed by atoms with van der Waals surface area (Å²) in [6, 6.07) is 5.95. The first-order valence-corrected chi connectivity index (χ1v) is 12.8. The van der Waals surface area contributed by atoms with E-state index in [9.17, 15) is 22.4 Å². The number of benzene rings is 1. The van der Waals surface area contributed by atoms with Gasteiger partial charge in [-0.25, -0.2) is 14.4 Å². The molecule has 2 aliphatic rings. The summed E-state index contributed by atoms with van der Waals surface area (Å²) in [6.07, 6.45) is 0.614. The molecule has 0 saturated heterocycles. The number of nitrogens with one attached hydrogen (secondary N) is 2. The summed E-state index contributed by atoms with van der Waals surface area (Å²) >= 11 is 0. The van der Waals surface area contributed by atoms with Crippen molar-refractivity contribution >= 4 is 23.4 Å². The molecule has 0 spiro atoms. The molecule has 40 heavy (non-hydrogen) atoms. The Kier molecular flexibility index (Phi) is 6.11. The van der Waals surface area contributed by atoms with Gasteiger partial charge in [-0.2, -0.15) is 18.3 Å². The van der Waals surface area contributed by atoms with Crippen LogP contribution in [0.4, 0.5) is 35.0 Å². The number of anilines is 3. The third-order valence-electron chi connectivity index (χ3n) is 7.42. The van der Waals surface area contributed by atoms with Gasteiger partial charge < -0.3 is 15.2 Å². The number of carbonyl (C=O) groups is 1. The molecule has 6 rings (SSSR count). The number of hydrogen-bond donors (Lipinski definition) is 2. The predicted molar refractivity (Wildman–Crippen MR) is 136 cm³/mol. The second-order valence-corrected chi connectivity index (χ2v) is 10.3. The van der Waals surface area contributed by atoms with Crippen LogP contribution in [0.2, 0.25) is 0 Å². The Morgan fingerprint density at radius 1 is 1.18 bits per heavy atom. The van der Waals surface area contributed by atoms with E-state index in [1.54, 1.807) is 25.4 Å². The molecule has 0 bridgehead atoms. The summed E-state index contributed by atoms with van der Waals surface area (Å²) in [7, 11) is 0. The molecule has 0 atom stereocenters. The number of halogens is 4. The van der Waals surface area contributed by atoms with Gasteiger partial charge in [-0.1, -0.05) is 17.3 Å². The van der Waals surface area contributed by atoms with Gasteiger partial charge in [0.2, 0.25) is 11.9 Å². The summed E-state index contributed by atoms with van der Waals surface area (Å²) < 4.78 is 61.6. The van der Waals surface area contributed by atoms with Crippen molar-refractivity contribution in [3.63, 3.8) is 0 Å². The van der Waals surface area contributed by atoms with Crippen molar-refractivity contribution in [3.05, 3.63) is 65.2 Å². The van der Waals surface area contributed by atoms with E-state index in [1.807, 2.05) is 11.6 Å². The van der Waals surface area contributed by atoms with Gasteiger partial charge in [0.05, 0.1) is 35.7 Å². The number of hydrogen-bond acceptors (Lipinski definition) is 7. The molecule has 3 heterocycles. The Balaban J connectivity index is 1.11. The zero-order chi connectivity index (χ0) is 28.2. The van der Waals surface area contributed by atoms with E-state index >= 15 is 0 Å². The van der Waals surface area contributed by atoms with E-state index in [0.29, 0.717) is 28.8 Å². The minimum atomic E-state index is -4.46. The van der Waals surface area contributed by atoms with Crippen molar-refractivity contribution in [1.82, 2.24) is 24.9 Å². The van der Waals surface area contributed by atoms with Gasteiger partial charge in [0.15, 0.2) is 11.6 Å². The lowest BCUT2D eigenvalue weighted by Gasteiger charge is -2.14. The van der Waals surface area contributed by atoms with Crippen molar-refractivity contribution in [2.75, 3.05) is 10.6 Å². The smallest absolute Gasteiger partial charge is 0.358 e. The summed E-state index contributed by atoms with van der Waals surface area (Å²) in [5.41, 5.74) is 1.68. The highest BCUT2D eigenvalue weighted by atomic mass is 19.4. The lowest BCUT2D eigenvalue weighted by molar-refractivity contribution is -0.165. The monoisotopic (exact) mass is 555 g/mol. The maximum Gasteiger partial charge on any atom is 0.401 e. The summed E-state index contributed by atoms with van der Waals surface area (Å²) in [5.74, 6) is -1.35. The lowest BCUT2D eigenvalue weighted by Crippen LogP contribution is -2.28. The minimum absolute atomic E-state index is 0.0912. The fourth-order valence-corrected chi connectivity index (χ4v) is 4.74. The van der Waals surface area contributed by atoms with Crippen LogP contribution in [-0.4, -0.2) is 37.0 Å². The normalized spacial score (nSPS) is 16.1. The number of nitrogens with zero attached hydrogens (tertiary/aromatic N) is 5. The maximum absolute atomic E-state index is 14.9. The number of carbonyl (C=O) groups excluding carboxylic acids is 1. The van der Waals surface area contributed by atoms with E-state index < -0.39 is 23.3 Å². The minimum Gasteiger partial charge on any atom is -0.358 e. The Bertz CT molecular complexity index is 1600. The first-order valence-electron chi connectivity index (χ1n) is 12.8. The largest absolute Gasteiger partial charge is 0.401 e. The third-order valence-corrected chi connectivity index (χ3v) is 7.42. The molecule has 0 aliphatic heterocycles. The average Bonchev–Trinajstić information content (AvgIpc) is 3.82. The van der Waals surface area contributed by atoms with Crippen LogP contribution in [0, 0.1) is 19.7 Å². The highest BCUT2D eigenvalue weighted by Gasteiger charge is 2.66. The van der Waals surface area contributed by atoms with Gasteiger partial charge in [0.25, 0.3) is 0 Å². The van der Waals surface area contributed by atoms with Crippen LogP contribution < -0.4 is 10.6 Å². The molecule has 13 heteroatoms. The number of amides is 1. The van der Waals surface area contributed by atoms with E-state index in [1.165, 1.54) is 12.1 Å². The van der Waals surface area contributed by atoms with Gasteiger partial charge >= 0.3 is 6.18 Å². The highest BCUT2D eigenvalue weighted by Crippen LogP contribution is 2.59. The highest BCUT2D eigenvalue weighted by molar-refractivity contribution is 5.91.